The third-order valence-corrected chi connectivity index (χ3v) is 5.09. The largest absolute Gasteiger partial charge is 0.458 e. The maximum Gasteiger partial charge on any atom is 0.338 e. The molecule has 3 heterocycles. The van der Waals surface area contributed by atoms with Crippen LogP contribution in [0.25, 0.3) is 11.2 Å². The van der Waals surface area contributed by atoms with E-state index in [4.69, 9.17) is 21.1 Å². The first kappa shape index (κ1) is 16.3. The second kappa shape index (κ2) is 6.99. The summed E-state index contributed by atoms with van der Waals surface area (Å²) in [5, 5.41) is 0.308. The molecule has 3 aromatic rings. The Morgan fingerprint density at radius 3 is 3.00 bits per heavy atom. The van der Waals surface area contributed by atoms with Crippen LogP contribution in [0.15, 0.2) is 43.0 Å². The predicted molar refractivity (Wildman–Crippen MR) is 93.4 cm³/mol. The predicted octanol–water partition coefficient (Wildman–Crippen LogP) is 2.92. The number of esters is 1. The first-order chi connectivity index (χ1) is 12.2. The van der Waals surface area contributed by atoms with Gasteiger partial charge in [0.15, 0.2) is 10.8 Å². The number of fused-ring (bicyclic) bond motifs is 1. The number of imidazole rings is 1. The molecule has 1 aliphatic heterocycles. The van der Waals surface area contributed by atoms with Crippen LogP contribution in [0.5, 0.6) is 0 Å². The summed E-state index contributed by atoms with van der Waals surface area (Å²) in [6.45, 7) is 0.178. The van der Waals surface area contributed by atoms with Crippen LogP contribution in [-0.2, 0) is 9.47 Å². The van der Waals surface area contributed by atoms with Crippen LogP contribution >= 0.6 is 23.4 Å². The minimum atomic E-state index is -0.360. The average molecular weight is 377 g/mol. The Hall–Kier alpha value is -2.16. The molecule has 0 aliphatic carbocycles. The van der Waals surface area contributed by atoms with Gasteiger partial charge in [0.25, 0.3) is 0 Å². The third-order valence-electron chi connectivity index (χ3n) is 3.72. The van der Waals surface area contributed by atoms with E-state index in [1.807, 2.05) is 10.6 Å². The molecule has 1 aromatic carbocycles. The van der Waals surface area contributed by atoms with E-state index in [1.54, 1.807) is 42.4 Å². The van der Waals surface area contributed by atoms with E-state index in [-0.39, 0.29) is 24.2 Å². The van der Waals surface area contributed by atoms with Crippen LogP contribution in [0, 0.1) is 0 Å². The van der Waals surface area contributed by atoms with Crippen LogP contribution in [0.4, 0.5) is 0 Å². The van der Waals surface area contributed by atoms with E-state index in [2.05, 4.69) is 15.0 Å². The molecule has 0 spiro atoms. The molecule has 0 unspecified atom stereocenters. The number of carbonyl (C=O) groups excluding carboxylic acids is 1. The van der Waals surface area contributed by atoms with Crippen LogP contribution in [-0.4, -0.2) is 43.3 Å². The number of rotatable bonds is 4. The van der Waals surface area contributed by atoms with Gasteiger partial charge in [0, 0.05) is 5.75 Å². The lowest BCUT2D eigenvalue weighted by Crippen LogP contribution is -2.18. The van der Waals surface area contributed by atoms with Gasteiger partial charge in [0.05, 0.1) is 11.9 Å². The Morgan fingerprint density at radius 1 is 1.32 bits per heavy atom. The van der Waals surface area contributed by atoms with Crippen molar-refractivity contribution in [2.45, 2.75) is 11.7 Å². The Kier molecular flexibility index (Phi) is 4.56. The zero-order valence-corrected chi connectivity index (χ0v) is 14.5. The van der Waals surface area contributed by atoms with Gasteiger partial charge >= 0.3 is 5.97 Å². The molecule has 1 saturated heterocycles. The van der Waals surface area contributed by atoms with Crippen molar-refractivity contribution >= 4 is 40.5 Å². The highest BCUT2D eigenvalue weighted by atomic mass is 35.5. The molecule has 0 radical (unpaired) electrons. The molecule has 1 fully saturated rings. The third kappa shape index (κ3) is 3.33. The fourth-order valence-electron chi connectivity index (χ4n) is 2.51. The molecular weight excluding hydrogens is 364 g/mol. The van der Waals surface area contributed by atoms with E-state index in [9.17, 15) is 4.79 Å². The highest BCUT2D eigenvalue weighted by Crippen LogP contribution is 2.34. The maximum absolute atomic E-state index is 12.0. The van der Waals surface area contributed by atoms with E-state index in [0.717, 1.165) is 0 Å². The SMILES string of the molecule is O=C(OC[C@H]1O[C@@H](n2cnc3c(Cl)ncnc32)CS1)c1ccccc1. The van der Waals surface area contributed by atoms with E-state index < -0.39 is 0 Å². The fraction of sp³-hybridized carbons (Fsp3) is 0.250. The van der Waals surface area contributed by atoms with Crippen molar-refractivity contribution in [3.8, 4) is 0 Å². The summed E-state index contributed by atoms with van der Waals surface area (Å²) in [5.74, 6) is 0.335. The summed E-state index contributed by atoms with van der Waals surface area (Å²) in [6.07, 6.45) is 2.78. The summed E-state index contributed by atoms with van der Waals surface area (Å²) < 4.78 is 13.1. The molecule has 7 nitrogen and oxygen atoms in total. The Morgan fingerprint density at radius 2 is 2.16 bits per heavy atom. The number of benzene rings is 1. The summed E-state index contributed by atoms with van der Waals surface area (Å²) >= 11 is 7.59. The molecule has 0 N–H and O–H groups in total. The Labute approximate surface area is 152 Å². The van der Waals surface area contributed by atoms with Crippen molar-refractivity contribution in [1.29, 1.82) is 0 Å². The number of hydrogen-bond acceptors (Lipinski definition) is 7. The van der Waals surface area contributed by atoms with Gasteiger partial charge in [0.2, 0.25) is 0 Å². The molecule has 9 heteroatoms. The van der Waals surface area contributed by atoms with Gasteiger partial charge in [-0.05, 0) is 12.1 Å². The topological polar surface area (TPSA) is 79.1 Å². The summed E-state index contributed by atoms with van der Waals surface area (Å²) in [4.78, 5) is 24.4. The molecule has 1 aliphatic rings. The standard InChI is InChI=1S/C16H13ClN4O3S/c17-14-13-15(19-8-18-14)21(9-20-13)11-7-25-12(24-11)6-23-16(22)10-4-2-1-3-5-10/h1-5,8-9,11-12H,6-7H2/t11-,12+/m1/s1. The lowest BCUT2D eigenvalue weighted by Gasteiger charge is -2.14. The minimum absolute atomic E-state index is 0.178. The van der Waals surface area contributed by atoms with Gasteiger partial charge in [0.1, 0.15) is 30.1 Å². The van der Waals surface area contributed by atoms with Gasteiger partial charge in [-0.25, -0.2) is 19.7 Å². The van der Waals surface area contributed by atoms with E-state index in [1.165, 1.54) is 6.33 Å². The molecule has 2 atom stereocenters. The van der Waals surface area contributed by atoms with Crippen LogP contribution < -0.4 is 0 Å². The molecule has 2 aromatic heterocycles. The first-order valence-corrected chi connectivity index (χ1v) is 8.97. The lowest BCUT2D eigenvalue weighted by molar-refractivity contribution is -0.0145. The minimum Gasteiger partial charge on any atom is -0.458 e. The lowest BCUT2D eigenvalue weighted by atomic mass is 10.2. The van der Waals surface area contributed by atoms with Gasteiger partial charge < -0.3 is 9.47 Å². The summed E-state index contributed by atoms with van der Waals surface area (Å²) in [7, 11) is 0. The molecule has 4 rings (SSSR count). The number of carbonyl (C=O) groups is 1. The van der Waals surface area contributed by atoms with Crippen LogP contribution in [0.1, 0.15) is 16.6 Å². The second-order valence-corrected chi connectivity index (χ2v) is 6.86. The van der Waals surface area contributed by atoms with Crippen molar-refractivity contribution < 1.29 is 14.3 Å². The van der Waals surface area contributed by atoms with Crippen molar-refractivity contribution in [1.82, 2.24) is 19.5 Å². The molecule has 0 saturated carbocycles. The number of hydrogen-bond donors (Lipinski definition) is 0. The zero-order valence-electron chi connectivity index (χ0n) is 12.9. The second-order valence-electron chi connectivity index (χ2n) is 5.31. The quantitative estimate of drug-likeness (QED) is 0.511. The number of halogens is 1. The van der Waals surface area contributed by atoms with Crippen molar-refractivity contribution in [3.63, 3.8) is 0 Å². The van der Waals surface area contributed by atoms with Crippen LogP contribution in [0.3, 0.4) is 0 Å². The smallest absolute Gasteiger partial charge is 0.338 e. The van der Waals surface area contributed by atoms with Crippen LogP contribution in [0.2, 0.25) is 5.15 Å². The molecule has 25 heavy (non-hydrogen) atoms. The number of thioether (sulfide) groups is 1. The maximum atomic E-state index is 12.0. The van der Waals surface area contributed by atoms with E-state index in [0.29, 0.717) is 27.6 Å². The normalized spacial score (nSPS) is 20.0. The fourth-order valence-corrected chi connectivity index (χ4v) is 3.68. The van der Waals surface area contributed by atoms with Gasteiger partial charge in [-0.15, -0.1) is 11.8 Å². The van der Waals surface area contributed by atoms with Gasteiger partial charge in [-0.1, -0.05) is 29.8 Å². The summed E-state index contributed by atoms with van der Waals surface area (Å²) in [5.41, 5.74) is 1.44. The zero-order chi connectivity index (χ0) is 17.2. The monoisotopic (exact) mass is 376 g/mol. The van der Waals surface area contributed by atoms with Crippen molar-refractivity contribution in [2.24, 2.45) is 0 Å². The average Bonchev–Trinajstić information content (AvgIpc) is 3.27. The Balaban J connectivity index is 1.40. The Bertz CT molecular complexity index is 905. The highest BCUT2D eigenvalue weighted by molar-refractivity contribution is 8.00. The highest BCUT2D eigenvalue weighted by Gasteiger charge is 2.30. The molecule has 0 bridgehead atoms. The van der Waals surface area contributed by atoms with Crippen molar-refractivity contribution in [2.75, 3.05) is 12.4 Å². The molecule has 0 amide bonds. The number of nitrogens with zero attached hydrogens (tertiary/aromatic N) is 4. The molecule has 128 valence electrons. The van der Waals surface area contributed by atoms with Gasteiger partial charge in [-0.3, -0.25) is 4.57 Å². The first-order valence-electron chi connectivity index (χ1n) is 7.54. The van der Waals surface area contributed by atoms with E-state index >= 15 is 0 Å². The van der Waals surface area contributed by atoms with Gasteiger partial charge in [-0.2, -0.15) is 0 Å². The number of aromatic nitrogens is 4. The summed E-state index contributed by atoms with van der Waals surface area (Å²) in [6, 6.07) is 8.88. The van der Waals surface area contributed by atoms with Crippen molar-refractivity contribution in [3.05, 3.63) is 53.7 Å². The number of ether oxygens (including phenoxy) is 2. The molecular formula is C16H13ClN4O3S.